The van der Waals surface area contributed by atoms with E-state index in [0.717, 1.165) is 27.8 Å². The van der Waals surface area contributed by atoms with Crippen LogP contribution in [0.5, 0.6) is 0 Å². The lowest BCUT2D eigenvalue weighted by molar-refractivity contribution is 0.371. The van der Waals surface area contributed by atoms with E-state index in [2.05, 4.69) is 59.9 Å². The predicted molar refractivity (Wildman–Crippen MR) is 139 cm³/mol. The van der Waals surface area contributed by atoms with Gasteiger partial charge in [0.05, 0.1) is 7.11 Å². The van der Waals surface area contributed by atoms with Crippen molar-refractivity contribution >= 4 is 5.76 Å². The molecule has 0 saturated heterocycles. The van der Waals surface area contributed by atoms with Gasteiger partial charge in [0.25, 0.3) is 0 Å². The summed E-state index contributed by atoms with van der Waals surface area (Å²) in [4.78, 5) is 0. The lowest BCUT2D eigenvalue weighted by atomic mass is 9.87. The van der Waals surface area contributed by atoms with E-state index >= 15 is 0 Å². The van der Waals surface area contributed by atoms with Crippen molar-refractivity contribution < 1.29 is 13.6 Å². The van der Waals surface area contributed by atoms with Crippen molar-refractivity contribution in [3.05, 3.63) is 90.5 Å². The van der Waals surface area contributed by atoms with Crippen LogP contribution < -0.4 is 0 Å². The van der Waals surface area contributed by atoms with Gasteiger partial charge in [-0.1, -0.05) is 51.6 Å². The molecule has 0 aliphatic carbocycles. The zero-order valence-corrected chi connectivity index (χ0v) is 20.6. The molecule has 0 N–H and O–H groups in total. The molecular weight excluding hydrogens is 452 g/mol. The molecule has 0 unspecified atom stereocenters. The summed E-state index contributed by atoms with van der Waals surface area (Å²) < 4.78 is 17.1. The Morgan fingerprint density at radius 3 is 1.56 bits per heavy atom. The highest BCUT2D eigenvalue weighted by molar-refractivity contribution is 5.67. The van der Waals surface area contributed by atoms with Crippen LogP contribution in [-0.2, 0) is 10.2 Å². The summed E-state index contributed by atoms with van der Waals surface area (Å²) in [6.45, 7) is 10.4. The monoisotopic (exact) mass is 478 g/mol. The van der Waals surface area contributed by atoms with E-state index in [1.54, 1.807) is 7.11 Å². The van der Waals surface area contributed by atoms with Crippen molar-refractivity contribution in [3.8, 4) is 45.8 Å². The van der Waals surface area contributed by atoms with Crippen LogP contribution >= 0.6 is 0 Å². The van der Waals surface area contributed by atoms with E-state index in [1.165, 1.54) is 5.56 Å². The van der Waals surface area contributed by atoms with Crippen LogP contribution in [0.1, 0.15) is 31.9 Å². The summed E-state index contributed by atoms with van der Waals surface area (Å²) in [5, 5.41) is 16.9. The summed E-state index contributed by atoms with van der Waals surface area (Å²) >= 11 is 0. The SMILES string of the molecule is C=C(OC)c1cccc(-c2nnc(-c3ccc(-c4nnc(-c5ccc(C(C)(C)C)cc5)o4)cc3)o2)c1. The average molecular weight is 479 g/mol. The third-order valence-electron chi connectivity index (χ3n) is 5.90. The van der Waals surface area contributed by atoms with Gasteiger partial charge < -0.3 is 13.6 Å². The molecule has 2 aromatic heterocycles. The maximum atomic E-state index is 5.94. The number of rotatable bonds is 6. The first-order valence-corrected chi connectivity index (χ1v) is 11.5. The number of ether oxygens (including phenoxy) is 1. The first-order valence-electron chi connectivity index (χ1n) is 11.5. The van der Waals surface area contributed by atoms with Gasteiger partial charge in [-0.2, -0.15) is 0 Å². The van der Waals surface area contributed by atoms with Gasteiger partial charge in [-0.15, -0.1) is 20.4 Å². The van der Waals surface area contributed by atoms with Crippen molar-refractivity contribution in [3.63, 3.8) is 0 Å². The number of methoxy groups -OCH3 is 1. The molecule has 0 saturated carbocycles. The van der Waals surface area contributed by atoms with Crippen molar-refractivity contribution in [1.82, 2.24) is 20.4 Å². The summed E-state index contributed by atoms with van der Waals surface area (Å²) in [5.74, 6) is 2.32. The van der Waals surface area contributed by atoms with Crippen molar-refractivity contribution in [1.29, 1.82) is 0 Å². The second-order valence-corrected chi connectivity index (χ2v) is 9.44. The van der Waals surface area contributed by atoms with Crippen LogP contribution in [0.25, 0.3) is 51.6 Å². The second kappa shape index (κ2) is 9.26. The Labute approximate surface area is 209 Å². The van der Waals surface area contributed by atoms with Gasteiger partial charge in [-0.05, 0) is 59.5 Å². The smallest absolute Gasteiger partial charge is 0.248 e. The highest BCUT2D eigenvalue weighted by atomic mass is 16.5. The van der Waals surface area contributed by atoms with Crippen LogP contribution in [-0.4, -0.2) is 27.5 Å². The minimum absolute atomic E-state index is 0.0859. The topological polar surface area (TPSA) is 87.1 Å². The molecule has 0 aliphatic rings. The molecule has 5 rings (SSSR count). The second-order valence-electron chi connectivity index (χ2n) is 9.44. The molecule has 0 spiro atoms. The highest BCUT2D eigenvalue weighted by Gasteiger charge is 2.16. The van der Waals surface area contributed by atoms with E-state index in [-0.39, 0.29) is 5.41 Å². The minimum atomic E-state index is 0.0859. The molecular formula is C29H26N4O3. The Kier molecular flexibility index (Phi) is 5.98. The molecule has 180 valence electrons. The number of hydrogen-bond acceptors (Lipinski definition) is 7. The van der Waals surface area contributed by atoms with Crippen molar-refractivity contribution in [2.75, 3.05) is 7.11 Å². The summed E-state index contributed by atoms with van der Waals surface area (Å²) in [7, 11) is 1.59. The first kappa shape index (κ1) is 23.2. The van der Waals surface area contributed by atoms with Gasteiger partial charge >= 0.3 is 0 Å². The van der Waals surface area contributed by atoms with Gasteiger partial charge in [0.1, 0.15) is 5.76 Å². The quantitative estimate of drug-likeness (QED) is 0.242. The Hall–Kier alpha value is -4.52. The van der Waals surface area contributed by atoms with Gasteiger partial charge in [0.2, 0.25) is 23.6 Å². The fourth-order valence-electron chi connectivity index (χ4n) is 3.72. The van der Waals surface area contributed by atoms with Gasteiger partial charge in [-0.25, -0.2) is 0 Å². The maximum absolute atomic E-state index is 5.94. The third kappa shape index (κ3) is 4.68. The molecule has 36 heavy (non-hydrogen) atoms. The Bertz CT molecular complexity index is 1510. The largest absolute Gasteiger partial charge is 0.497 e. The lowest BCUT2D eigenvalue weighted by Gasteiger charge is -2.18. The predicted octanol–water partition coefficient (Wildman–Crippen LogP) is 7.04. The molecule has 0 bridgehead atoms. The molecule has 0 atom stereocenters. The van der Waals surface area contributed by atoms with Crippen molar-refractivity contribution in [2.24, 2.45) is 0 Å². The van der Waals surface area contributed by atoms with E-state index in [4.69, 9.17) is 13.6 Å². The van der Waals surface area contributed by atoms with Gasteiger partial charge in [-0.3, -0.25) is 0 Å². The summed E-state index contributed by atoms with van der Waals surface area (Å²) in [5.41, 5.74) is 5.44. The van der Waals surface area contributed by atoms with Crippen LogP contribution in [0.3, 0.4) is 0 Å². The Morgan fingerprint density at radius 1 is 0.667 bits per heavy atom. The van der Waals surface area contributed by atoms with Crippen LogP contribution in [0.2, 0.25) is 0 Å². The molecule has 2 heterocycles. The first-order chi connectivity index (χ1) is 17.3. The normalized spacial score (nSPS) is 11.4. The zero-order valence-electron chi connectivity index (χ0n) is 20.6. The number of aromatic nitrogens is 4. The number of benzene rings is 3. The van der Waals surface area contributed by atoms with Gasteiger partial charge in [0.15, 0.2) is 0 Å². The summed E-state index contributed by atoms with van der Waals surface area (Å²) in [6, 6.07) is 23.4. The van der Waals surface area contributed by atoms with Crippen molar-refractivity contribution in [2.45, 2.75) is 26.2 Å². The average Bonchev–Trinajstić information content (AvgIpc) is 3.59. The Morgan fingerprint density at radius 2 is 1.11 bits per heavy atom. The number of nitrogens with zero attached hydrogens (tertiary/aromatic N) is 4. The molecule has 0 amide bonds. The van der Waals surface area contributed by atoms with E-state index in [9.17, 15) is 0 Å². The van der Waals surface area contributed by atoms with E-state index in [0.29, 0.717) is 29.3 Å². The third-order valence-corrected chi connectivity index (χ3v) is 5.90. The highest BCUT2D eigenvalue weighted by Crippen LogP contribution is 2.30. The zero-order chi connectivity index (χ0) is 25.3. The molecule has 3 aromatic carbocycles. The molecule has 5 aromatic rings. The fourth-order valence-corrected chi connectivity index (χ4v) is 3.72. The van der Waals surface area contributed by atoms with E-state index < -0.39 is 0 Å². The minimum Gasteiger partial charge on any atom is -0.497 e. The fraction of sp³-hybridized carbons (Fsp3) is 0.172. The van der Waals surface area contributed by atoms with Crippen LogP contribution in [0.15, 0.2) is 88.2 Å². The molecule has 7 heteroatoms. The molecule has 7 nitrogen and oxygen atoms in total. The molecule has 0 aliphatic heterocycles. The standard InChI is InChI=1S/C29H26N4O3/c1-18(34-5)22-7-6-8-23(17-22)28-33-32-26(36-28)20-11-9-19(10-12-20)25-30-31-27(35-25)21-13-15-24(16-14-21)29(2,3)4/h6-17H,1H2,2-5H3. The number of hydrogen-bond donors (Lipinski definition) is 0. The van der Waals surface area contributed by atoms with Crippen LogP contribution in [0.4, 0.5) is 0 Å². The van der Waals surface area contributed by atoms with E-state index in [1.807, 2.05) is 60.7 Å². The van der Waals surface area contributed by atoms with Crippen LogP contribution in [0, 0.1) is 0 Å². The Balaban J connectivity index is 1.34. The molecule has 0 fully saturated rings. The molecule has 0 radical (unpaired) electrons. The van der Waals surface area contributed by atoms with Gasteiger partial charge in [0, 0.05) is 27.8 Å². The lowest BCUT2D eigenvalue weighted by Crippen LogP contribution is -2.10. The summed E-state index contributed by atoms with van der Waals surface area (Å²) in [6.07, 6.45) is 0. The maximum Gasteiger partial charge on any atom is 0.248 e.